The fourth-order valence-corrected chi connectivity index (χ4v) is 2.49. The summed E-state index contributed by atoms with van der Waals surface area (Å²) >= 11 is 1.46. The molecule has 0 unspecified atom stereocenters. The maximum atomic E-state index is 11.6. The summed E-state index contributed by atoms with van der Waals surface area (Å²) in [5.74, 6) is 0.505. The minimum atomic E-state index is -0.365. The highest BCUT2D eigenvalue weighted by Gasteiger charge is 2.16. The van der Waals surface area contributed by atoms with Gasteiger partial charge >= 0.3 is 5.97 Å². The molecule has 0 atom stereocenters. The van der Waals surface area contributed by atoms with E-state index in [4.69, 9.17) is 4.74 Å². The molecular formula is C12H17N5O2S. The molecule has 0 aliphatic heterocycles. The van der Waals surface area contributed by atoms with Crippen molar-refractivity contribution in [2.75, 3.05) is 18.5 Å². The zero-order valence-corrected chi connectivity index (χ0v) is 12.3. The molecule has 0 radical (unpaired) electrons. The second-order valence-corrected chi connectivity index (χ2v) is 5.31. The van der Waals surface area contributed by atoms with E-state index < -0.39 is 0 Å². The fraction of sp³-hybridized carbons (Fsp3) is 0.500. The van der Waals surface area contributed by atoms with Gasteiger partial charge in [0, 0.05) is 17.8 Å². The Kier molecular flexibility index (Phi) is 5.05. The van der Waals surface area contributed by atoms with Crippen LogP contribution in [0, 0.1) is 6.92 Å². The van der Waals surface area contributed by atoms with Crippen LogP contribution in [0.2, 0.25) is 0 Å². The number of carbonyl (C=O) groups is 1. The molecule has 2 aromatic heterocycles. The highest BCUT2D eigenvalue weighted by atomic mass is 32.1. The molecular weight excluding hydrogens is 278 g/mol. The number of nitrogens with zero attached hydrogens (tertiary/aromatic N) is 3. The molecule has 2 aromatic rings. The normalized spacial score (nSPS) is 10.5. The van der Waals surface area contributed by atoms with Crippen LogP contribution in [0.5, 0.6) is 0 Å². The van der Waals surface area contributed by atoms with Crippen LogP contribution in [0.25, 0.3) is 0 Å². The van der Waals surface area contributed by atoms with Crippen molar-refractivity contribution >= 4 is 22.4 Å². The van der Waals surface area contributed by atoms with E-state index in [1.807, 2.05) is 6.92 Å². The first-order chi connectivity index (χ1) is 9.70. The average Bonchev–Trinajstić information content (AvgIpc) is 3.04. The SMILES string of the molecule is CCOC(=O)c1nc(NCCCc2ncn[nH]2)sc1C. The van der Waals surface area contributed by atoms with E-state index in [9.17, 15) is 4.79 Å². The number of anilines is 1. The first kappa shape index (κ1) is 14.4. The largest absolute Gasteiger partial charge is 0.461 e. The maximum Gasteiger partial charge on any atom is 0.358 e. The van der Waals surface area contributed by atoms with Gasteiger partial charge in [0.25, 0.3) is 0 Å². The van der Waals surface area contributed by atoms with Gasteiger partial charge in [-0.25, -0.2) is 14.8 Å². The van der Waals surface area contributed by atoms with E-state index in [2.05, 4.69) is 25.5 Å². The standard InChI is InChI=1S/C12H17N5O2S/c1-3-19-11(18)10-8(2)20-12(16-10)13-6-4-5-9-14-7-15-17-9/h7H,3-6H2,1-2H3,(H,13,16)(H,14,15,17). The Morgan fingerprint density at radius 1 is 1.55 bits per heavy atom. The van der Waals surface area contributed by atoms with Gasteiger partial charge in [0.1, 0.15) is 12.2 Å². The van der Waals surface area contributed by atoms with Crippen LogP contribution in [0.3, 0.4) is 0 Å². The van der Waals surface area contributed by atoms with Crippen LogP contribution < -0.4 is 5.32 Å². The summed E-state index contributed by atoms with van der Waals surface area (Å²) in [7, 11) is 0. The van der Waals surface area contributed by atoms with Gasteiger partial charge in [-0.2, -0.15) is 5.10 Å². The van der Waals surface area contributed by atoms with Crippen LogP contribution in [0.15, 0.2) is 6.33 Å². The Labute approximate surface area is 120 Å². The number of aromatic nitrogens is 4. The van der Waals surface area contributed by atoms with Gasteiger partial charge in [0.15, 0.2) is 10.8 Å². The Balaban J connectivity index is 1.81. The van der Waals surface area contributed by atoms with Gasteiger partial charge in [0.05, 0.1) is 6.61 Å². The number of esters is 1. The number of thiazole rings is 1. The lowest BCUT2D eigenvalue weighted by molar-refractivity contribution is 0.0519. The molecule has 0 aromatic carbocycles. The predicted octanol–water partition coefficient (Wildman–Crippen LogP) is 1.79. The van der Waals surface area contributed by atoms with Gasteiger partial charge in [-0.3, -0.25) is 5.10 Å². The molecule has 108 valence electrons. The number of ether oxygens (including phenoxy) is 1. The van der Waals surface area contributed by atoms with Gasteiger partial charge in [-0.1, -0.05) is 0 Å². The quantitative estimate of drug-likeness (QED) is 0.597. The third-order valence-corrected chi connectivity index (χ3v) is 3.53. The summed E-state index contributed by atoms with van der Waals surface area (Å²) in [6, 6.07) is 0. The number of carbonyl (C=O) groups excluding carboxylic acids is 1. The molecule has 7 nitrogen and oxygen atoms in total. The Morgan fingerprint density at radius 3 is 3.10 bits per heavy atom. The highest BCUT2D eigenvalue weighted by molar-refractivity contribution is 7.15. The summed E-state index contributed by atoms with van der Waals surface area (Å²) in [5.41, 5.74) is 0.398. The lowest BCUT2D eigenvalue weighted by atomic mass is 10.3. The predicted molar refractivity (Wildman–Crippen MR) is 76.0 cm³/mol. The van der Waals surface area contributed by atoms with Gasteiger partial charge in [-0.15, -0.1) is 11.3 Å². The van der Waals surface area contributed by atoms with Crippen molar-refractivity contribution in [3.05, 3.63) is 22.7 Å². The van der Waals surface area contributed by atoms with E-state index in [1.54, 1.807) is 6.92 Å². The van der Waals surface area contributed by atoms with E-state index in [1.165, 1.54) is 17.7 Å². The zero-order chi connectivity index (χ0) is 14.4. The van der Waals surface area contributed by atoms with Crippen molar-refractivity contribution in [2.24, 2.45) is 0 Å². The molecule has 0 saturated heterocycles. The second kappa shape index (κ2) is 6.99. The van der Waals surface area contributed by atoms with E-state index in [-0.39, 0.29) is 5.97 Å². The minimum absolute atomic E-state index is 0.357. The molecule has 2 heterocycles. The Hall–Kier alpha value is -1.96. The van der Waals surface area contributed by atoms with Crippen molar-refractivity contribution in [3.63, 3.8) is 0 Å². The maximum absolute atomic E-state index is 11.6. The van der Waals surface area contributed by atoms with Crippen LogP contribution in [0.1, 0.15) is 34.5 Å². The molecule has 0 aliphatic carbocycles. The Bertz CT molecular complexity index is 552. The number of rotatable bonds is 7. The van der Waals surface area contributed by atoms with Crippen molar-refractivity contribution in [3.8, 4) is 0 Å². The number of aryl methyl sites for hydroxylation is 2. The summed E-state index contributed by atoms with van der Waals surface area (Å²) in [6.45, 7) is 4.76. The van der Waals surface area contributed by atoms with Crippen LogP contribution in [0.4, 0.5) is 5.13 Å². The number of hydrogen-bond acceptors (Lipinski definition) is 7. The van der Waals surface area contributed by atoms with Gasteiger partial charge in [-0.05, 0) is 20.3 Å². The third kappa shape index (κ3) is 3.77. The lowest BCUT2D eigenvalue weighted by Gasteiger charge is -2.00. The molecule has 2 rings (SSSR count). The van der Waals surface area contributed by atoms with Crippen LogP contribution in [-0.4, -0.2) is 39.3 Å². The molecule has 0 fully saturated rings. The number of aromatic amines is 1. The molecule has 0 aliphatic rings. The van der Waals surface area contributed by atoms with Crippen molar-refractivity contribution in [1.29, 1.82) is 0 Å². The van der Waals surface area contributed by atoms with Crippen LogP contribution in [-0.2, 0) is 11.2 Å². The molecule has 0 spiro atoms. The first-order valence-electron chi connectivity index (χ1n) is 6.43. The van der Waals surface area contributed by atoms with E-state index in [0.29, 0.717) is 12.3 Å². The molecule has 0 amide bonds. The molecule has 20 heavy (non-hydrogen) atoms. The van der Waals surface area contributed by atoms with E-state index in [0.717, 1.165) is 35.2 Å². The smallest absolute Gasteiger partial charge is 0.358 e. The molecule has 2 N–H and O–H groups in total. The van der Waals surface area contributed by atoms with Gasteiger partial charge in [0.2, 0.25) is 0 Å². The number of hydrogen-bond donors (Lipinski definition) is 2. The van der Waals surface area contributed by atoms with Crippen molar-refractivity contribution in [1.82, 2.24) is 20.2 Å². The second-order valence-electron chi connectivity index (χ2n) is 4.11. The lowest BCUT2D eigenvalue weighted by Crippen LogP contribution is -2.07. The fourth-order valence-electron chi connectivity index (χ4n) is 1.66. The third-order valence-electron chi connectivity index (χ3n) is 2.60. The Morgan fingerprint density at radius 2 is 2.40 bits per heavy atom. The summed E-state index contributed by atoms with van der Waals surface area (Å²) in [6.07, 6.45) is 3.23. The summed E-state index contributed by atoms with van der Waals surface area (Å²) < 4.78 is 4.95. The van der Waals surface area contributed by atoms with Crippen LogP contribution >= 0.6 is 11.3 Å². The first-order valence-corrected chi connectivity index (χ1v) is 7.25. The van der Waals surface area contributed by atoms with E-state index >= 15 is 0 Å². The summed E-state index contributed by atoms with van der Waals surface area (Å²) in [5, 5.41) is 10.5. The zero-order valence-electron chi connectivity index (χ0n) is 11.5. The molecule has 0 bridgehead atoms. The van der Waals surface area contributed by atoms with Crippen molar-refractivity contribution in [2.45, 2.75) is 26.7 Å². The van der Waals surface area contributed by atoms with Crippen molar-refractivity contribution < 1.29 is 9.53 Å². The number of H-pyrrole nitrogens is 1. The average molecular weight is 295 g/mol. The molecule has 0 saturated carbocycles. The highest BCUT2D eigenvalue weighted by Crippen LogP contribution is 2.22. The topological polar surface area (TPSA) is 92.8 Å². The summed E-state index contributed by atoms with van der Waals surface area (Å²) in [4.78, 5) is 20.8. The monoisotopic (exact) mass is 295 g/mol. The minimum Gasteiger partial charge on any atom is -0.461 e. The number of nitrogens with one attached hydrogen (secondary N) is 2. The van der Waals surface area contributed by atoms with Gasteiger partial charge < -0.3 is 10.1 Å². The molecule has 8 heteroatoms.